The minimum absolute atomic E-state index is 0.0183. The molecule has 1 fully saturated rings. The Morgan fingerprint density at radius 1 is 0.610 bits per heavy atom. The number of hydrogen-bond donors (Lipinski definition) is 3. The summed E-state index contributed by atoms with van der Waals surface area (Å²) in [6, 6.07) is 69.6. The van der Waals surface area contributed by atoms with Crippen molar-refractivity contribution in [3.8, 4) is 22.6 Å². The summed E-state index contributed by atoms with van der Waals surface area (Å²) >= 11 is 0. The van der Waals surface area contributed by atoms with Gasteiger partial charge in [0.1, 0.15) is 60.6 Å². The second-order valence-corrected chi connectivity index (χ2v) is 30.1. The van der Waals surface area contributed by atoms with Gasteiger partial charge in [-0.05, 0) is 110 Å². The monoisotopic (exact) mass is 1360 g/mol. The number of carbonyl (C=O) groups excluding carboxylic acids is 4. The fourth-order valence-electron chi connectivity index (χ4n) is 13.9. The van der Waals surface area contributed by atoms with Gasteiger partial charge in [0.2, 0.25) is 5.91 Å². The number of unbranched alkanes of at least 4 members (excludes halogenated alkanes) is 1. The highest BCUT2D eigenvalue weighted by atomic mass is 28.4. The van der Waals surface area contributed by atoms with Gasteiger partial charge in [-0.25, -0.2) is 19.7 Å². The van der Waals surface area contributed by atoms with E-state index in [0.29, 0.717) is 29.9 Å². The van der Waals surface area contributed by atoms with Gasteiger partial charge in [-0.15, -0.1) is 0 Å². The van der Waals surface area contributed by atoms with E-state index in [1.54, 1.807) is 49.4 Å². The van der Waals surface area contributed by atoms with E-state index in [0.717, 1.165) is 49.3 Å². The number of anilines is 1. The van der Waals surface area contributed by atoms with E-state index in [1.807, 2.05) is 165 Å². The number of amides is 3. The van der Waals surface area contributed by atoms with Gasteiger partial charge in [0.25, 0.3) is 14.2 Å². The molecule has 1 saturated heterocycles. The standard InChI is InChI=1S/C80H83N7O12Si/c1-8-9-38-68(85-76(90)66(47-48-69(88)94-7)84-78(91)95-49-65-63-36-24-22-34-61(63)62-35-23-25-37-64(62)65)98-72-71(99-100(79(2,3)4,59-30-18-12-19-31-59)60-32-20-13-21-33-60)67(97-77(72)87-52-83-70-73(81-51-82-74(70)87)86-75(89)53-26-14-10-15-27-53)50-96-80(54-28-16-11-17-29-54,55-39-43-57(92-5)44-40-55)56-41-45-58(93-6)46-42-56/h10-37,39-46,51-52,65-68,71-72,77H,8-9,38,47-50H2,1-7H3,(H,84,91)(H,85,90)(H,81,82,86,89)/t66-,67+,68?,71+,72+,77+/m0/s1. The number of nitrogens with zero attached hydrogens (tertiary/aromatic N) is 4. The van der Waals surface area contributed by atoms with E-state index in [1.165, 1.54) is 13.4 Å². The van der Waals surface area contributed by atoms with Crippen LogP contribution in [0.5, 0.6) is 11.5 Å². The Balaban J connectivity index is 0.992. The summed E-state index contributed by atoms with van der Waals surface area (Å²) < 4.78 is 55.9. The number of methoxy groups -OCH3 is 3. The molecule has 8 aromatic carbocycles. The molecule has 10 aromatic rings. The van der Waals surface area contributed by atoms with Crippen LogP contribution in [0.1, 0.15) is 110 Å². The maximum atomic E-state index is 15.4. The third-order valence-corrected chi connectivity index (χ3v) is 23.8. The number of ether oxygens (including phenoxy) is 7. The average Bonchev–Trinajstić information content (AvgIpc) is 0.981. The summed E-state index contributed by atoms with van der Waals surface area (Å²) in [5.74, 6) is -0.462. The Kier molecular flexibility index (Phi) is 21.7. The molecule has 0 saturated carbocycles. The molecule has 2 aromatic heterocycles. The van der Waals surface area contributed by atoms with Gasteiger partial charge < -0.3 is 53.5 Å². The largest absolute Gasteiger partial charge is 0.497 e. The topological polar surface area (TPSA) is 222 Å². The molecule has 1 aliphatic heterocycles. The van der Waals surface area contributed by atoms with E-state index in [9.17, 15) is 14.4 Å². The van der Waals surface area contributed by atoms with Crippen LogP contribution >= 0.6 is 0 Å². The lowest BCUT2D eigenvalue weighted by Crippen LogP contribution is -2.69. The molecule has 6 atom stereocenters. The van der Waals surface area contributed by atoms with Crippen molar-refractivity contribution in [3.05, 3.63) is 264 Å². The maximum Gasteiger partial charge on any atom is 0.407 e. The first-order chi connectivity index (χ1) is 48.7. The second-order valence-electron chi connectivity index (χ2n) is 25.9. The molecule has 0 spiro atoms. The van der Waals surface area contributed by atoms with Crippen LogP contribution in [-0.4, -0.2) is 117 Å². The van der Waals surface area contributed by atoms with Crippen molar-refractivity contribution in [2.45, 2.75) is 113 Å². The van der Waals surface area contributed by atoms with Crippen molar-refractivity contribution in [1.82, 2.24) is 30.2 Å². The summed E-state index contributed by atoms with van der Waals surface area (Å²) in [6.07, 6.45) is -2.35. The highest BCUT2D eigenvalue weighted by Gasteiger charge is 2.58. The number of rotatable bonds is 28. The Morgan fingerprint density at radius 2 is 1.16 bits per heavy atom. The number of esters is 1. The lowest BCUT2D eigenvalue weighted by Gasteiger charge is -2.46. The minimum atomic E-state index is -3.67. The first-order valence-electron chi connectivity index (χ1n) is 33.8. The van der Waals surface area contributed by atoms with Gasteiger partial charge in [0.15, 0.2) is 23.2 Å². The van der Waals surface area contributed by atoms with Gasteiger partial charge >= 0.3 is 12.1 Å². The number of alkyl carbamates (subject to hydrolysis) is 1. The molecular formula is C80H83N7O12Si. The van der Waals surface area contributed by atoms with E-state index in [4.69, 9.17) is 47.6 Å². The maximum absolute atomic E-state index is 15.4. The third kappa shape index (κ3) is 14.6. The number of benzene rings is 8. The van der Waals surface area contributed by atoms with Gasteiger partial charge in [-0.2, -0.15) is 0 Å². The van der Waals surface area contributed by atoms with Crippen LogP contribution in [0.15, 0.2) is 231 Å². The second kappa shape index (κ2) is 31.2. The molecule has 3 heterocycles. The van der Waals surface area contributed by atoms with Crippen molar-refractivity contribution in [3.63, 3.8) is 0 Å². The number of aromatic nitrogens is 4. The molecular weight excluding hydrogens is 1280 g/mol. The van der Waals surface area contributed by atoms with Crippen LogP contribution in [0.3, 0.4) is 0 Å². The van der Waals surface area contributed by atoms with Gasteiger partial charge in [0, 0.05) is 17.9 Å². The van der Waals surface area contributed by atoms with Crippen molar-refractivity contribution in [2.75, 3.05) is 39.9 Å². The lowest BCUT2D eigenvalue weighted by molar-refractivity contribution is -0.141. The van der Waals surface area contributed by atoms with E-state index >= 15 is 4.79 Å². The first-order valence-corrected chi connectivity index (χ1v) is 35.7. The van der Waals surface area contributed by atoms with Crippen LogP contribution in [0.2, 0.25) is 5.04 Å². The first kappa shape index (κ1) is 69.5. The fourth-order valence-corrected chi connectivity index (χ4v) is 18.6. The summed E-state index contributed by atoms with van der Waals surface area (Å²) in [7, 11) is 0.847. The number of carbonyl (C=O) groups is 4. The molecule has 2 aliphatic rings. The quantitative estimate of drug-likeness (QED) is 0.0180. The van der Waals surface area contributed by atoms with E-state index in [2.05, 4.69) is 78.1 Å². The molecule has 20 heteroatoms. The SMILES string of the molecule is CCCCC(NC(=O)[C@H](CCC(=O)OC)NC(=O)OCC1c2ccccc2-c2ccccc21)O[C@@H]1[C@H](O[Si](c2ccccc2)(c2ccccc2)C(C)(C)C)[C@@H](COC(c2ccccc2)(c2ccc(OC)cc2)c2ccc(OC)cc2)O[C@H]1n1cnc2c(NC(=O)c3ccccc3)ncnc21. The zero-order chi connectivity index (χ0) is 69.8. The predicted molar refractivity (Wildman–Crippen MR) is 384 cm³/mol. The lowest BCUT2D eigenvalue weighted by atomic mass is 9.80. The summed E-state index contributed by atoms with van der Waals surface area (Å²) in [5.41, 5.74) is 6.09. The highest BCUT2D eigenvalue weighted by molar-refractivity contribution is 6.99. The van der Waals surface area contributed by atoms with Crippen molar-refractivity contribution in [2.24, 2.45) is 0 Å². The fraction of sp³-hybridized carbons (Fsp3) is 0.287. The normalized spacial score (nSPS) is 16.6. The zero-order valence-electron chi connectivity index (χ0n) is 57.1. The number of fused-ring (bicyclic) bond motifs is 4. The van der Waals surface area contributed by atoms with Crippen LogP contribution in [0.4, 0.5) is 10.6 Å². The predicted octanol–water partition coefficient (Wildman–Crippen LogP) is 12.8. The molecule has 3 amide bonds. The molecule has 0 radical (unpaired) electrons. The molecule has 514 valence electrons. The highest BCUT2D eigenvalue weighted by Crippen LogP contribution is 2.48. The smallest absolute Gasteiger partial charge is 0.407 e. The van der Waals surface area contributed by atoms with Crippen molar-refractivity contribution in [1.29, 1.82) is 0 Å². The van der Waals surface area contributed by atoms with Gasteiger partial charge in [-0.3, -0.25) is 19.0 Å². The number of imidazole rings is 1. The minimum Gasteiger partial charge on any atom is -0.497 e. The summed E-state index contributed by atoms with van der Waals surface area (Å²) in [5, 5.41) is 10.3. The molecule has 3 N–H and O–H groups in total. The van der Waals surface area contributed by atoms with E-state index in [-0.39, 0.29) is 55.4 Å². The van der Waals surface area contributed by atoms with Crippen LogP contribution in [0.25, 0.3) is 22.3 Å². The summed E-state index contributed by atoms with van der Waals surface area (Å²) in [6.45, 7) is 8.44. The summed E-state index contributed by atoms with van der Waals surface area (Å²) in [4.78, 5) is 70.9. The van der Waals surface area contributed by atoms with Gasteiger partial charge in [0.05, 0.1) is 34.3 Å². The number of hydrogen-bond acceptors (Lipinski definition) is 15. The number of nitrogens with one attached hydrogen (secondary N) is 3. The zero-order valence-corrected chi connectivity index (χ0v) is 58.1. The van der Waals surface area contributed by atoms with Crippen LogP contribution < -0.4 is 35.8 Å². The molecule has 1 unspecified atom stereocenters. The van der Waals surface area contributed by atoms with Crippen LogP contribution in [-0.2, 0) is 43.3 Å². The molecule has 12 rings (SSSR count). The van der Waals surface area contributed by atoms with Crippen molar-refractivity contribution < 1.29 is 56.8 Å². The average molecular weight is 1360 g/mol. The molecule has 0 bridgehead atoms. The Morgan fingerprint density at radius 3 is 1.72 bits per heavy atom. The molecule has 19 nitrogen and oxygen atoms in total. The molecule has 1 aliphatic carbocycles. The van der Waals surface area contributed by atoms with Crippen LogP contribution in [0, 0.1) is 0 Å². The van der Waals surface area contributed by atoms with Crippen molar-refractivity contribution >= 4 is 59.5 Å². The Hall–Kier alpha value is -10.4. The van der Waals surface area contributed by atoms with Gasteiger partial charge in [-0.1, -0.05) is 216 Å². The third-order valence-electron chi connectivity index (χ3n) is 18.8. The Labute approximate surface area is 583 Å². The molecule has 100 heavy (non-hydrogen) atoms. The van der Waals surface area contributed by atoms with E-state index < -0.39 is 79.6 Å². The Bertz CT molecular complexity index is 4280.